The van der Waals surface area contributed by atoms with E-state index in [9.17, 15) is 4.79 Å². The number of para-hydroxylation sites is 1. The Morgan fingerprint density at radius 1 is 1.00 bits per heavy atom. The van der Waals surface area contributed by atoms with Gasteiger partial charge in [-0.15, -0.1) is 5.10 Å². The van der Waals surface area contributed by atoms with Crippen LogP contribution in [0.5, 0.6) is 0 Å². The van der Waals surface area contributed by atoms with Crippen LogP contribution in [0.25, 0.3) is 16.9 Å². The van der Waals surface area contributed by atoms with E-state index in [0.717, 1.165) is 50.5 Å². The molecule has 4 rings (SSSR count). The summed E-state index contributed by atoms with van der Waals surface area (Å²) < 4.78 is 7.09. The van der Waals surface area contributed by atoms with Crippen LogP contribution in [0.3, 0.4) is 0 Å². The van der Waals surface area contributed by atoms with E-state index in [0.29, 0.717) is 17.9 Å². The Bertz CT molecular complexity index is 921. The van der Waals surface area contributed by atoms with E-state index >= 15 is 0 Å². The first-order valence-corrected chi connectivity index (χ1v) is 9.98. The van der Waals surface area contributed by atoms with E-state index in [4.69, 9.17) is 4.74 Å². The van der Waals surface area contributed by atoms with Crippen LogP contribution in [0.4, 0.5) is 0 Å². The van der Waals surface area contributed by atoms with Crippen molar-refractivity contribution in [2.75, 3.05) is 39.4 Å². The standard InChI is InChI=1S/C22H25N5O2/c28-22(23-12-7-13-26-14-16-29-17-15-26)20-21(18-8-3-1-4-9-18)27(25-24-20)19-10-5-2-6-11-19/h1-6,8-11H,7,12-17H2,(H,23,28). The zero-order valence-corrected chi connectivity index (χ0v) is 16.3. The third kappa shape index (κ3) is 4.70. The van der Waals surface area contributed by atoms with Crippen LogP contribution in [0, 0.1) is 0 Å². The summed E-state index contributed by atoms with van der Waals surface area (Å²) in [7, 11) is 0. The second kappa shape index (κ2) is 9.45. The maximum atomic E-state index is 12.9. The molecular weight excluding hydrogens is 366 g/mol. The lowest BCUT2D eigenvalue weighted by atomic mass is 10.1. The average Bonchev–Trinajstić information content (AvgIpc) is 3.24. The van der Waals surface area contributed by atoms with Gasteiger partial charge in [-0.25, -0.2) is 4.68 Å². The van der Waals surface area contributed by atoms with Crippen LogP contribution in [0.1, 0.15) is 16.9 Å². The molecule has 1 fully saturated rings. The largest absolute Gasteiger partial charge is 0.379 e. The molecule has 1 aliphatic heterocycles. The number of amides is 1. The number of hydrogen-bond acceptors (Lipinski definition) is 5. The molecule has 0 atom stereocenters. The summed E-state index contributed by atoms with van der Waals surface area (Å²) in [4.78, 5) is 15.2. The summed E-state index contributed by atoms with van der Waals surface area (Å²) in [5.74, 6) is -0.201. The number of ether oxygens (including phenoxy) is 1. The zero-order chi connectivity index (χ0) is 19.9. The topological polar surface area (TPSA) is 72.3 Å². The molecule has 1 aromatic heterocycles. The Hall–Kier alpha value is -3.03. The fourth-order valence-corrected chi connectivity index (χ4v) is 3.45. The molecule has 3 aromatic rings. The lowest BCUT2D eigenvalue weighted by Crippen LogP contribution is -2.38. The van der Waals surface area contributed by atoms with Crippen molar-refractivity contribution in [2.45, 2.75) is 6.42 Å². The second-order valence-electron chi connectivity index (χ2n) is 6.96. The lowest BCUT2D eigenvalue weighted by Gasteiger charge is -2.26. The third-order valence-electron chi connectivity index (χ3n) is 4.97. The van der Waals surface area contributed by atoms with Crippen LogP contribution in [-0.4, -0.2) is 65.2 Å². The van der Waals surface area contributed by atoms with Gasteiger partial charge in [-0.2, -0.15) is 0 Å². The minimum Gasteiger partial charge on any atom is -0.379 e. The zero-order valence-electron chi connectivity index (χ0n) is 16.3. The molecule has 29 heavy (non-hydrogen) atoms. The number of morpholine rings is 1. The highest BCUT2D eigenvalue weighted by Gasteiger charge is 2.21. The monoisotopic (exact) mass is 391 g/mol. The van der Waals surface area contributed by atoms with Crippen molar-refractivity contribution in [3.8, 4) is 16.9 Å². The summed E-state index contributed by atoms with van der Waals surface area (Å²) in [5.41, 5.74) is 2.80. The molecule has 2 heterocycles. The van der Waals surface area contributed by atoms with Gasteiger partial charge in [-0.3, -0.25) is 9.69 Å². The number of hydrogen-bond donors (Lipinski definition) is 1. The van der Waals surface area contributed by atoms with Crippen molar-refractivity contribution in [1.82, 2.24) is 25.2 Å². The van der Waals surface area contributed by atoms with Gasteiger partial charge < -0.3 is 10.1 Å². The number of carbonyl (C=O) groups excluding carboxylic acids is 1. The molecule has 1 N–H and O–H groups in total. The molecule has 0 aliphatic carbocycles. The predicted molar refractivity (Wildman–Crippen MR) is 111 cm³/mol. The highest BCUT2D eigenvalue weighted by molar-refractivity contribution is 5.98. The number of benzene rings is 2. The number of nitrogens with zero attached hydrogens (tertiary/aromatic N) is 4. The van der Waals surface area contributed by atoms with Crippen molar-refractivity contribution >= 4 is 5.91 Å². The average molecular weight is 391 g/mol. The summed E-state index contributed by atoms with van der Waals surface area (Å²) in [6.07, 6.45) is 0.888. The van der Waals surface area contributed by atoms with Crippen molar-refractivity contribution < 1.29 is 9.53 Å². The van der Waals surface area contributed by atoms with Crippen molar-refractivity contribution in [1.29, 1.82) is 0 Å². The van der Waals surface area contributed by atoms with E-state index in [1.54, 1.807) is 4.68 Å². The van der Waals surface area contributed by atoms with Gasteiger partial charge >= 0.3 is 0 Å². The maximum absolute atomic E-state index is 12.9. The fraction of sp³-hybridized carbons (Fsp3) is 0.318. The van der Waals surface area contributed by atoms with E-state index < -0.39 is 0 Å². The van der Waals surface area contributed by atoms with Crippen LogP contribution in [0.2, 0.25) is 0 Å². The summed E-state index contributed by atoms with van der Waals surface area (Å²) in [6, 6.07) is 19.5. The van der Waals surface area contributed by atoms with Crippen molar-refractivity contribution in [3.05, 3.63) is 66.4 Å². The molecule has 1 amide bonds. The van der Waals surface area contributed by atoms with Gasteiger partial charge in [0.15, 0.2) is 5.69 Å². The summed E-state index contributed by atoms with van der Waals surface area (Å²) in [6.45, 7) is 5.04. The summed E-state index contributed by atoms with van der Waals surface area (Å²) >= 11 is 0. The molecule has 2 aromatic carbocycles. The van der Waals surface area contributed by atoms with E-state index in [2.05, 4.69) is 20.5 Å². The molecule has 0 saturated carbocycles. The van der Waals surface area contributed by atoms with Crippen LogP contribution in [-0.2, 0) is 4.74 Å². The summed E-state index contributed by atoms with van der Waals surface area (Å²) in [5, 5.41) is 11.5. The Morgan fingerprint density at radius 2 is 1.69 bits per heavy atom. The SMILES string of the molecule is O=C(NCCCN1CCOCC1)c1nnn(-c2ccccc2)c1-c1ccccc1. The molecule has 0 spiro atoms. The Morgan fingerprint density at radius 3 is 2.41 bits per heavy atom. The molecule has 0 unspecified atom stereocenters. The molecular formula is C22H25N5O2. The molecule has 7 nitrogen and oxygen atoms in total. The highest BCUT2D eigenvalue weighted by atomic mass is 16.5. The van der Waals surface area contributed by atoms with E-state index in [-0.39, 0.29) is 5.91 Å². The first-order valence-electron chi connectivity index (χ1n) is 9.98. The lowest BCUT2D eigenvalue weighted by molar-refractivity contribution is 0.0374. The number of nitrogens with one attached hydrogen (secondary N) is 1. The number of rotatable bonds is 7. The quantitative estimate of drug-likeness (QED) is 0.626. The number of aromatic nitrogens is 3. The number of carbonyl (C=O) groups is 1. The Balaban J connectivity index is 1.49. The molecule has 7 heteroatoms. The van der Waals surface area contributed by atoms with Crippen LogP contribution < -0.4 is 5.32 Å². The second-order valence-corrected chi connectivity index (χ2v) is 6.96. The van der Waals surface area contributed by atoms with Crippen molar-refractivity contribution in [3.63, 3.8) is 0 Å². The van der Waals surface area contributed by atoms with Crippen LogP contribution >= 0.6 is 0 Å². The third-order valence-corrected chi connectivity index (χ3v) is 4.97. The first kappa shape index (κ1) is 19.3. The highest BCUT2D eigenvalue weighted by Crippen LogP contribution is 2.25. The smallest absolute Gasteiger partial charge is 0.274 e. The molecule has 150 valence electrons. The molecule has 1 saturated heterocycles. The normalized spacial score (nSPS) is 14.6. The van der Waals surface area contributed by atoms with Gasteiger partial charge in [-0.05, 0) is 25.1 Å². The molecule has 0 radical (unpaired) electrons. The van der Waals surface area contributed by atoms with Gasteiger partial charge in [-0.1, -0.05) is 53.7 Å². The first-order chi connectivity index (χ1) is 14.3. The Kier molecular flexibility index (Phi) is 6.29. The fourth-order valence-electron chi connectivity index (χ4n) is 3.45. The van der Waals surface area contributed by atoms with Gasteiger partial charge in [0.2, 0.25) is 0 Å². The molecule has 1 aliphatic rings. The minimum atomic E-state index is -0.201. The van der Waals surface area contributed by atoms with Gasteiger partial charge in [0, 0.05) is 25.2 Å². The maximum Gasteiger partial charge on any atom is 0.274 e. The van der Waals surface area contributed by atoms with Crippen LogP contribution in [0.15, 0.2) is 60.7 Å². The van der Waals surface area contributed by atoms with Crippen molar-refractivity contribution in [2.24, 2.45) is 0 Å². The minimum absolute atomic E-state index is 0.201. The Labute approximate surface area is 170 Å². The van der Waals surface area contributed by atoms with E-state index in [1.165, 1.54) is 0 Å². The molecule has 0 bridgehead atoms. The van der Waals surface area contributed by atoms with Gasteiger partial charge in [0.25, 0.3) is 5.91 Å². The predicted octanol–water partition coefficient (Wildman–Crippen LogP) is 2.39. The van der Waals surface area contributed by atoms with E-state index in [1.807, 2.05) is 60.7 Å². The van der Waals surface area contributed by atoms with Gasteiger partial charge in [0.05, 0.1) is 18.9 Å². The van der Waals surface area contributed by atoms with Gasteiger partial charge in [0.1, 0.15) is 5.69 Å².